The number of rotatable bonds is 3. The van der Waals surface area contributed by atoms with E-state index in [9.17, 15) is 13.2 Å². The zero-order valence-electron chi connectivity index (χ0n) is 10.2. The Morgan fingerprint density at radius 1 is 1.47 bits per heavy atom. The van der Waals surface area contributed by atoms with Crippen LogP contribution in [-0.4, -0.2) is 30.8 Å². The summed E-state index contributed by atoms with van der Waals surface area (Å²) in [6.07, 6.45) is 2.83. The van der Waals surface area contributed by atoms with E-state index in [0.29, 0.717) is 6.42 Å². The van der Waals surface area contributed by atoms with Crippen LogP contribution in [0, 0.1) is 0 Å². The van der Waals surface area contributed by atoms with E-state index < -0.39 is 10.1 Å². The Hall–Kier alpha value is -1.73. The average molecular weight is 280 g/mol. The van der Waals surface area contributed by atoms with Gasteiger partial charge in [-0.3, -0.25) is 13.5 Å². The van der Waals surface area contributed by atoms with Crippen molar-refractivity contribution < 1.29 is 12.6 Å². The minimum Gasteiger partial charge on any atom is -0.299 e. The third-order valence-corrected chi connectivity index (χ3v) is 3.75. The van der Waals surface area contributed by atoms with Crippen molar-refractivity contribution in [1.29, 1.82) is 0 Å². The molecule has 0 fully saturated rings. The SMILES string of the molecule is CS(=O)(=O)OC[C@@H]1Cc2cccc3ncc(=O)n1c23. The minimum absolute atomic E-state index is 0.0352. The lowest BCUT2D eigenvalue weighted by molar-refractivity contribution is 0.262. The second-order valence-electron chi connectivity index (χ2n) is 4.60. The molecule has 0 spiro atoms. The maximum atomic E-state index is 11.9. The molecule has 0 unspecified atom stereocenters. The van der Waals surface area contributed by atoms with Crippen molar-refractivity contribution in [3.63, 3.8) is 0 Å². The Balaban J connectivity index is 2.08. The first kappa shape index (κ1) is 12.3. The molecule has 0 saturated heterocycles. The van der Waals surface area contributed by atoms with Crippen molar-refractivity contribution in [3.05, 3.63) is 40.3 Å². The summed E-state index contributed by atoms with van der Waals surface area (Å²) in [5, 5.41) is 0. The highest BCUT2D eigenvalue weighted by molar-refractivity contribution is 7.85. The van der Waals surface area contributed by atoms with Gasteiger partial charge in [-0.25, -0.2) is 4.98 Å². The summed E-state index contributed by atoms with van der Waals surface area (Å²) in [6, 6.07) is 5.32. The third kappa shape index (κ3) is 2.15. The summed E-state index contributed by atoms with van der Waals surface area (Å²) in [6.45, 7) is -0.0352. The van der Waals surface area contributed by atoms with Gasteiger partial charge in [0.2, 0.25) is 0 Å². The second kappa shape index (κ2) is 4.14. The molecule has 2 heterocycles. The van der Waals surface area contributed by atoms with Gasteiger partial charge in [0.05, 0.1) is 36.1 Å². The molecule has 0 bridgehead atoms. The van der Waals surface area contributed by atoms with E-state index in [1.807, 2.05) is 18.2 Å². The van der Waals surface area contributed by atoms with Crippen molar-refractivity contribution in [2.45, 2.75) is 12.5 Å². The number of nitrogens with zero attached hydrogens (tertiary/aromatic N) is 2. The summed E-state index contributed by atoms with van der Waals surface area (Å²) in [5.74, 6) is 0. The lowest BCUT2D eigenvalue weighted by Gasteiger charge is -2.13. The fraction of sp³-hybridized carbons (Fsp3) is 0.333. The summed E-state index contributed by atoms with van der Waals surface area (Å²) < 4.78 is 28.5. The van der Waals surface area contributed by atoms with E-state index in [1.165, 1.54) is 6.20 Å². The highest BCUT2D eigenvalue weighted by Crippen LogP contribution is 2.29. The van der Waals surface area contributed by atoms with Gasteiger partial charge in [-0.2, -0.15) is 8.42 Å². The van der Waals surface area contributed by atoms with Gasteiger partial charge in [0.15, 0.2) is 0 Å². The topological polar surface area (TPSA) is 78.3 Å². The number of benzene rings is 1. The van der Waals surface area contributed by atoms with Gasteiger partial charge < -0.3 is 0 Å². The lowest BCUT2D eigenvalue weighted by Crippen LogP contribution is -2.26. The summed E-state index contributed by atoms with van der Waals surface area (Å²) in [5.41, 5.74) is 2.26. The second-order valence-corrected chi connectivity index (χ2v) is 6.24. The lowest BCUT2D eigenvalue weighted by atomic mass is 10.1. The summed E-state index contributed by atoms with van der Waals surface area (Å²) >= 11 is 0. The zero-order chi connectivity index (χ0) is 13.6. The Bertz CT molecular complexity index is 810. The predicted octanol–water partition coefficient (Wildman–Crippen LogP) is 0.470. The largest absolute Gasteiger partial charge is 0.299 e. The first-order chi connectivity index (χ1) is 8.96. The molecule has 19 heavy (non-hydrogen) atoms. The quantitative estimate of drug-likeness (QED) is 0.764. The molecule has 100 valence electrons. The maximum Gasteiger partial charge on any atom is 0.269 e. The third-order valence-electron chi connectivity index (χ3n) is 3.19. The Morgan fingerprint density at radius 3 is 3.00 bits per heavy atom. The molecule has 1 aromatic carbocycles. The summed E-state index contributed by atoms with van der Waals surface area (Å²) in [7, 11) is -3.51. The van der Waals surface area contributed by atoms with E-state index in [2.05, 4.69) is 4.98 Å². The fourth-order valence-corrected chi connectivity index (χ4v) is 2.87. The monoisotopic (exact) mass is 280 g/mol. The molecule has 1 atom stereocenters. The van der Waals surface area contributed by atoms with E-state index in [-0.39, 0.29) is 18.2 Å². The first-order valence-electron chi connectivity index (χ1n) is 5.79. The van der Waals surface area contributed by atoms with Crippen LogP contribution in [0.1, 0.15) is 11.6 Å². The van der Waals surface area contributed by atoms with Gasteiger partial charge in [0.25, 0.3) is 15.7 Å². The molecule has 0 saturated carbocycles. The molecule has 2 aromatic rings. The smallest absolute Gasteiger partial charge is 0.269 e. The standard InChI is InChI=1S/C12H12N2O4S/c1-19(16,17)18-7-9-5-8-3-2-4-10-12(8)14(9)11(15)6-13-10/h2-4,6,9H,5,7H2,1H3/t9-/m0/s1. The molecule has 7 heteroatoms. The van der Waals surface area contributed by atoms with Gasteiger partial charge in [-0.15, -0.1) is 0 Å². The van der Waals surface area contributed by atoms with Crippen LogP contribution in [0.4, 0.5) is 0 Å². The minimum atomic E-state index is -3.51. The highest BCUT2D eigenvalue weighted by atomic mass is 32.2. The molecular formula is C12H12N2O4S. The van der Waals surface area contributed by atoms with E-state index in [1.54, 1.807) is 4.57 Å². The van der Waals surface area contributed by atoms with Crippen LogP contribution in [0.2, 0.25) is 0 Å². The molecule has 6 nitrogen and oxygen atoms in total. The maximum absolute atomic E-state index is 11.9. The van der Waals surface area contributed by atoms with Crippen molar-refractivity contribution in [2.24, 2.45) is 0 Å². The van der Waals surface area contributed by atoms with Gasteiger partial charge >= 0.3 is 0 Å². The van der Waals surface area contributed by atoms with Crippen LogP contribution >= 0.6 is 0 Å². The molecule has 3 rings (SSSR count). The van der Waals surface area contributed by atoms with Crippen LogP contribution in [0.25, 0.3) is 11.0 Å². The first-order valence-corrected chi connectivity index (χ1v) is 7.61. The molecule has 0 radical (unpaired) electrons. The normalized spacial score (nSPS) is 18.1. The van der Waals surface area contributed by atoms with Crippen LogP contribution in [0.15, 0.2) is 29.2 Å². The Kier molecular flexibility index (Phi) is 2.68. The predicted molar refractivity (Wildman–Crippen MR) is 69.5 cm³/mol. The number of aromatic nitrogens is 2. The van der Waals surface area contributed by atoms with Gasteiger partial charge in [-0.1, -0.05) is 12.1 Å². The summed E-state index contributed by atoms with van der Waals surface area (Å²) in [4.78, 5) is 16.0. The van der Waals surface area contributed by atoms with Crippen LogP contribution in [-0.2, 0) is 20.7 Å². The van der Waals surface area contributed by atoms with Crippen LogP contribution in [0.5, 0.6) is 0 Å². The molecule has 1 aliphatic rings. The number of hydrogen-bond donors (Lipinski definition) is 0. The van der Waals surface area contributed by atoms with Gasteiger partial charge in [0.1, 0.15) is 0 Å². The Morgan fingerprint density at radius 2 is 2.26 bits per heavy atom. The van der Waals surface area contributed by atoms with Gasteiger partial charge in [0, 0.05) is 0 Å². The van der Waals surface area contributed by atoms with Crippen LogP contribution in [0.3, 0.4) is 0 Å². The zero-order valence-corrected chi connectivity index (χ0v) is 11.1. The average Bonchev–Trinajstić information content (AvgIpc) is 2.71. The molecular weight excluding hydrogens is 268 g/mol. The number of hydrogen-bond acceptors (Lipinski definition) is 5. The molecule has 0 N–H and O–H groups in total. The van der Waals surface area contributed by atoms with E-state index in [0.717, 1.165) is 22.9 Å². The molecule has 1 aliphatic heterocycles. The molecule has 1 aromatic heterocycles. The van der Waals surface area contributed by atoms with Crippen molar-refractivity contribution in [1.82, 2.24) is 9.55 Å². The van der Waals surface area contributed by atoms with Crippen molar-refractivity contribution >= 4 is 21.2 Å². The van der Waals surface area contributed by atoms with Crippen LogP contribution < -0.4 is 5.56 Å². The Labute approximate surface area is 109 Å². The van der Waals surface area contributed by atoms with Crippen molar-refractivity contribution in [3.8, 4) is 0 Å². The molecule has 0 aliphatic carbocycles. The van der Waals surface area contributed by atoms with E-state index >= 15 is 0 Å². The van der Waals surface area contributed by atoms with Crippen molar-refractivity contribution in [2.75, 3.05) is 12.9 Å². The number of para-hydroxylation sites is 1. The van der Waals surface area contributed by atoms with E-state index in [4.69, 9.17) is 4.18 Å². The highest BCUT2D eigenvalue weighted by Gasteiger charge is 2.26. The van der Waals surface area contributed by atoms with Gasteiger partial charge in [-0.05, 0) is 18.1 Å². The fourth-order valence-electron chi connectivity index (χ4n) is 2.47. The molecule has 0 amide bonds.